The van der Waals surface area contributed by atoms with Gasteiger partial charge in [0, 0.05) is 20.9 Å². The SMILES string of the molecule is [O-]C(=Pc1ccc(-c2ccccc2)cc1)c1c(Cl)cccc1Cl. The molecule has 0 saturated heterocycles. The van der Waals surface area contributed by atoms with Crippen molar-refractivity contribution in [3.63, 3.8) is 0 Å². The van der Waals surface area contributed by atoms with Crippen LogP contribution in [0.5, 0.6) is 0 Å². The number of hydrogen-bond acceptors (Lipinski definition) is 1. The normalized spacial score (nSPS) is 11.5. The smallest absolute Gasteiger partial charge is 0.0486 e. The first-order chi connectivity index (χ1) is 11.1. The first-order valence-electron chi connectivity index (χ1n) is 7.01. The number of hydrogen-bond donors (Lipinski definition) is 0. The second-order valence-corrected chi connectivity index (χ2v) is 6.89. The fourth-order valence-corrected chi connectivity index (χ4v) is 3.82. The highest BCUT2D eigenvalue weighted by Crippen LogP contribution is 2.26. The number of rotatable bonds is 3. The summed E-state index contributed by atoms with van der Waals surface area (Å²) in [4.78, 5) is 0. The van der Waals surface area contributed by atoms with Crippen molar-refractivity contribution < 1.29 is 5.11 Å². The van der Waals surface area contributed by atoms with E-state index in [-0.39, 0.29) is 5.48 Å². The summed E-state index contributed by atoms with van der Waals surface area (Å²) in [7, 11) is 0.558. The highest BCUT2D eigenvalue weighted by molar-refractivity contribution is 7.49. The van der Waals surface area contributed by atoms with Crippen molar-refractivity contribution in [1.29, 1.82) is 0 Å². The first-order valence-corrected chi connectivity index (χ1v) is 8.66. The molecule has 0 radical (unpaired) electrons. The molecule has 0 aromatic heterocycles. The Morgan fingerprint density at radius 1 is 0.696 bits per heavy atom. The molecule has 0 heterocycles. The zero-order valence-corrected chi connectivity index (χ0v) is 14.4. The summed E-state index contributed by atoms with van der Waals surface area (Å²) >= 11 is 12.2. The van der Waals surface area contributed by atoms with E-state index in [0.717, 1.165) is 16.4 Å². The molecule has 3 aromatic rings. The van der Waals surface area contributed by atoms with Crippen LogP contribution in [0.3, 0.4) is 0 Å². The summed E-state index contributed by atoms with van der Waals surface area (Å²) in [5.74, 6) is 0. The minimum absolute atomic E-state index is 0.104. The molecule has 0 amide bonds. The zero-order valence-electron chi connectivity index (χ0n) is 12.0. The Morgan fingerprint density at radius 2 is 1.26 bits per heavy atom. The lowest BCUT2D eigenvalue weighted by Gasteiger charge is -2.15. The number of benzene rings is 3. The quantitative estimate of drug-likeness (QED) is 0.619. The third kappa shape index (κ3) is 3.83. The molecule has 114 valence electrons. The maximum atomic E-state index is 12.4. The molecule has 4 heteroatoms. The van der Waals surface area contributed by atoms with Crippen LogP contribution in [0, 0.1) is 0 Å². The van der Waals surface area contributed by atoms with Gasteiger partial charge >= 0.3 is 0 Å². The van der Waals surface area contributed by atoms with E-state index >= 15 is 0 Å². The van der Waals surface area contributed by atoms with Crippen LogP contribution in [0.2, 0.25) is 10.0 Å². The lowest BCUT2D eigenvalue weighted by Crippen LogP contribution is -2.18. The van der Waals surface area contributed by atoms with Gasteiger partial charge in [0.15, 0.2) is 0 Å². The van der Waals surface area contributed by atoms with E-state index in [0.29, 0.717) is 23.8 Å². The Bertz CT molecular complexity index is 823. The Kier molecular flexibility index (Phi) is 5.15. The Hall–Kier alpha value is -1.63. The maximum absolute atomic E-state index is 12.4. The lowest BCUT2D eigenvalue weighted by molar-refractivity contribution is -0.206. The molecule has 23 heavy (non-hydrogen) atoms. The highest BCUT2D eigenvalue weighted by atomic mass is 35.5. The first kappa shape index (κ1) is 16.2. The van der Waals surface area contributed by atoms with Crippen molar-refractivity contribution in [2.45, 2.75) is 0 Å². The van der Waals surface area contributed by atoms with Gasteiger partial charge in [-0.15, -0.1) is 5.48 Å². The Labute approximate surface area is 146 Å². The van der Waals surface area contributed by atoms with E-state index in [4.69, 9.17) is 23.2 Å². The van der Waals surface area contributed by atoms with Gasteiger partial charge in [-0.1, -0.05) is 79.9 Å². The van der Waals surface area contributed by atoms with Gasteiger partial charge in [0.05, 0.1) is 0 Å². The molecule has 1 nitrogen and oxygen atoms in total. The van der Waals surface area contributed by atoms with Gasteiger partial charge < -0.3 is 5.11 Å². The van der Waals surface area contributed by atoms with Crippen molar-refractivity contribution in [2.75, 3.05) is 0 Å². The van der Waals surface area contributed by atoms with Crippen LogP contribution in [-0.4, -0.2) is 5.48 Å². The molecule has 3 rings (SSSR count). The van der Waals surface area contributed by atoms with Crippen LogP contribution in [0.25, 0.3) is 11.1 Å². The second kappa shape index (κ2) is 7.29. The van der Waals surface area contributed by atoms with Crippen LogP contribution < -0.4 is 10.4 Å². The average Bonchev–Trinajstić information content (AvgIpc) is 2.56. The molecule has 0 aliphatic rings. The van der Waals surface area contributed by atoms with E-state index in [1.54, 1.807) is 18.2 Å². The molecule has 0 spiro atoms. The van der Waals surface area contributed by atoms with Crippen LogP contribution in [0.15, 0.2) is 72.8 Å². The molecule has 0 N–H and O–H groups in total. The van der Waals surface area contributed by atoms with Crippen molar-refractivity contribution in [3.05, 3.63) is 88.4 Å². The third-order valence-electron chi connectivity index (χ3n) is 3.38. The average molecular weight is 358 g/mol. The van der Waals surface area contributed by atoms with Crippen LogP contribution >= 0.6 is 31.4 Å². The minimum atomic E-state index is -0.104. The van der Waals surface area contributed by atoms with Gasteiger partial charge in [-0.25, -0.2) is 0 Å². The minimum Gasteiger partial charge on any atom is -0.823 e. The largest absolute Gasteiger partial charge is 0.823 e. The molecule has 3 aromatic carbocycles. The molecule has 0 aliphatic carbocycles. The predicted octanol–water partition coefficient (Wildman–Crippen LogP) is 4.77. The van der Waals surface area contributed by atoms with Crippen molar-refractivity contribution in [3.8, 4) is 11.1 Å². The van der Waals surface area contributed by atoms with E-state index in [1.807, 2.05) is 42.5 Å². The predicted molar refractivity (Wildman–Crippen MR) is 99.0 cm³/mol. The molecule has 0 aliphatic heterocycles. The molecule has 0 saturated carbocycles. The van der Waals surface area contributed by atoms with E-state index < -0.39 is 0 Å². The van der Waals surface area contributed by atoms with Gasteiger partial charge in [-0.05, 0) is 35.4 Å². The van der Waals surface area contributed by atoms with Gasteiger partial charge in [0.1, 0.15) is 0 Å². The summed E-state index contributed by atoms with van der Waals surface area (Å²) < 4.78 is 0. The molecule has 0 bridgehead atoms. The zero-order chi connectivity index (χ0) is 16.2. The summed E-state index contributed by atoms with van der Waals surface area (Å²) in [6.45, 7) is 0. The fraction of sp³-hybridized carbons (Fsp3) is 0. The van der Waals surface area contributed by atoms with Crippen molar-refractivity contribution in [1.82, 2.24) is 0 Å². The van der Waals surface area contributed by atoms with E-state index in [9.17, 15) is 5.11 Å². The Morgan fingerprint density at radius 3 is 1.87 bits per heavy atom. The molecule has 0 unspecified atom stereocenters. The van der Waals surface area contributed by atoms with E-state index in [2.05, 4.69) is 12.1 Å². The van der Waals surface area contributed by atoms with Crippen LogP contribution in [-0.2, 0) is 0 Å². The monoisotopic (exact) mass is 357 g/mol. The fourth-order valence-electron chi connectivity index (χ4n) is 2.23. The summed E-state index contributed by atoms with van der Waals surface area (Å²) in [6.07, 6.45) is 0. The Balaban J connectivity index is 1.91. The van der Waals surface area contributed by atoms with Gasteiger partial charge in [0.25, 0.3) is 0 Å². The molecular formula is C19H12Cl2OP-. The van der Waals surface area contributed by atoms with Gasteiger partial charge in [0.2, 0.25) is 0 Å². The number of halogens is 2. The standard InChI is InChI=1S/C19H13Cl2OP/c20-16-7-4-8-17(21)18(16)19(22)23-15-11-9-14(10-12-15)13-5-2-1-3-6-13/h1-12,22H/p-1. The third-order valence-corrected chi connectivity index (χ3v) is 4.99. The summed E-state index contributed by atoms with van der Waals surface area (Å²) in [5, 5.41) is 14.1. The molecular weight excluding hydrogens is 346 g/mol. The maximum Gasteiger partial charge on any atom is 0.0486 e. The van der Waals surface area contributed by atoms with E-state index in [1.165, 1.54) is 0 Å². The lowest BCUT2D eigenvalue weighted by atomic mass is 10.1. The molecule has 0 fully saturated rings. The van der Waals surface area contributed by atoms with Crippen molar-refractivity contribution in [2.24, 2.45) is 0 Å². The second-order valence-electron chi connectivity index (χ2n) is 4.93. The molecule has 0 atom stereocenters. The summed E-state index contributed by atoms with van der Waals surface area (Å²) in [6, 6.07) is 23.1. The van der Waals surface area contributed by atoms with Crippen molar-refractivity contribution >= 4 is 42.2 Å². The van der Waals surface area contributed by atoms with Crippen LogP contribution in [0.4, 0.5) is 0 Å². The van der Waals surface area contributed by atoms with Crippen LogP contribution in [0.1, 0.15) is 5.56 Å². The van der Waals surface area contributed by atoms with Gasteiger partial charge in [-0.3, -0.25) is 0 Å². The topological polar surface area (TPSA) is 23.1 Å². The highest BCUT2D eigenvalue weighted by Gasteiger charge is 2.04. The van der Waals surface area contributed by atoms with Gasteiger partial charge in [-0.2, -0.15) is 0 Å². The summed E-state index contributed by atoms with van der Waals surface area (Å²) in [5.41, 5.74) is 2.54.